The van der Waals surface area contributed by atoms with Crippen LogP contribution >= 0.6 is 0 Å². The number of aryl methyl sites for hydroxylation is 4. The number of anilines is 1. The monoisotopic (exact) mass is 337 g/mol. The van der Waals surface area contributed by atoms with E-state index in [9.17, 15) is 9.18 Å². The van der Waals surface area contributed by atoms with E-state index in [0.29, 0.717) is 11.4 Å². The number of carbonyl (C=O) groups is 1. The van der Waals surface area contributed by atoms with E-state index in [1.54, 1.807) is 22.9 Å². The van der Waals surface area contributed by atoms with E-state index in [2.05, 4.69) is 43.3 Å². The first-order valence-electron chi connectivity index (χ1n) is 8.04. The number of amides is 1. The Morgan fingerprint density at radius 1 is 1.08 bits per heavy atom. The van der Waals surface area contributed by atoms with Gasteiger partial charge in [0.05, 0.1) is 5.69 Å². The average molecular weight is 337 g/mol. The van der Waals surface area contributed by atoms with Gasteiger partial charge in [0.2, 0.25) is 0 Å². The van der Waals surface area contributed by atoms with Crippen LogP contribution in [0.3, 0.4) is 0 Å². The molecule has 1 heterocycles. The number of benzene rings is 2. The summed E-state index contributed by atoms with van der Waals surface area (Å²) in [5.41, 5.74) is 6.12. The predicted octanol–water partition coefficient (Wildman–Crippen LogP) is 4.40. The lowest BCUT2D eigenvalue weighted by Crippen LogP contribution is -2.13. The highest BCUT2D eigenvalue weighted by Gasteiger charge is 2.17. The van der Waals surface area contributed by atoms with Crippen LogP contribution in [0.25, 0.3) is 11.3 Å². The highest BCUT2D eigenvalue weighted by molar-refractivity contribution is 6.03. The number of nitrogens with zero attached hydrogens (tertiary/aromatic N) is 2. The first-order chi connectivity index (χ1) is 11.8. The molecule has 25 heavy (non-hydrogen) atoms. The standard InChI is InChI=1S/C20H20FN3O/c1-12-8-13(2)19(14(3)9-12)18-11-17(23-24(18)4)20(25)22-16-7-5-6-15(21)10-16/h5-11H,1-4H3,(H,22,25). The van der Waals surface area contributed by atoms with Gasteiger partial charge in [-0.3, -0.25) is 9.48 Å². The second-order valence-electron chi connectivity index (χ2n) is 6.28. The zero-order valence-electron chi connectivity index (χ0n) is 14.7. The summed E-state index contributed by atoms with van der Waals surface area (Å²) in [5, 5.41) is 7.00. The van der Waals surface area contributed by atoms with Gasteiger partial charge in [0.15, 0.2) is 5.69 Å². The normalized spacial score (nSPS) is 10.8. The molecule has 0 aliphatic heterocycles. The van der Waals surface area contributed by atoms with Crippen LogP contribution in [0, 0.1) is 26.6 Å². The maximum atomic E-state index is 13.3. The maximum absolute atomic E-state index is 13.3. The molecule has 3 rings (SSSR count). The fourth-order valence-electron chi connectivity index (χ4n) is 3.16. The Hall–Kier alpha value is -2.95. The summed E-state index contributed by atoms with van der Waals surface area (Å²) in [4.78, 5) is 12.4. The molecule has 0 saturated carbocycles. The van der Waals surface area contributed by atoms with Crippen molar-refractivity contribution >= 4 is 11.6 Å². The minimum Gasteiger partial charge on any atom is -0.320 e. The first-order valence-corrected chi connectivity index (χ1v) is 8.04. The van der Waals surface area contributed by atoms with Gasteiger partial charge in [-0.25, -0.2) is 4.39 Å². The molecule has 0 bridgehead atoms. The van der Waals surface area contributed by atoms with Crippen molar-refractivity contribution in [3.05, 3.63) is 70.7 Å². The molecule has 0 aliphatic rings. The molecular formula is C20H20FN3O. The van der Waals surface area contributed by atoms with Gasteiger partial charge in [-0.1, -0.05) is 23.8 Å². The number of rotatable bonds is 3. The van der Waals surface area contributed by atoms with Crippen molar-refractivity contribution in [1.29, 1.82) is 0 Å². The van der Waals surface area contributed by atoms with Crippen molar-refractivity contribution in [3.63, 3.8) is 0 Å². The predicted molar refractivity (Wildman–Crippen MR) is 97.2 cm³/mol. The summed E-state index contributed by atoms with van der Waals surface area (Å²) in [6, 6.07) is 11.8. The zero-order valence-corrected chi connectivity index (χ0v) is 14.7. The molecule has 1 aromatic heterocycles. The molecule has 3 aromatic rings. The minimum atomic E-state index is -0.398. The summed E-state index contributed by atoms with van der Waals surface area (Å²) in [6.45, 7) is 6.16. The summed E-state index contributed by atoms with van der Waals surface area (Å²) in [5.74, 6) is -0.764. The second-order valence-corrected chi connectivity index (χ2v) is 6.28. The number of nitrogens with one attached hydrogen (secondary N) is 1. The van der Waals surface area contributed by atoms with E-state index >= 15 is 0 Å². The average Bonchev–Trinajstić information content (AvgIpc) is 2.88. The molecule has 0 aliphatic carbocycles. The van der Waals surface area contributed by atoms with E-state index in [1.807, 2.05) is 7.05 Å². The molecule has 2 aromatic carbocycles. The summed E-state index contributed by atoms with van der Waals surface area (Å²) < 4.78 is 15.0. The zero-order chi connectivity index (χ0) is 18.1. The Morgan fingerprint density at radius 3 is 2.40 bits per heavy atom. The van der Waals surface area contributed by atoms with E-state index in [4.69, 9.17) is 0 Å². The molecule has 0 radical (unpaired) electrons. The van der Waals surface area contributed by atoms with Crippen LogP contribution in [0.2, 0.25) is 0 Å². The number of hydrogen-bond donors (Lipinski definition) is 1. The topological polar surface area (TPSA) is 46.9 Å². The van der Waals surface area contributed by atoms with E-state index < -0.39 is 5.82 Å². The molecule has 1 amide bonds. The number of carbonyl (C=O) groups excluding carboxylic acids is 1. The molecule has 5 heteroatoms. The van der Waals surface area contributed by atoms with Crippen molar-refractivity contribution < 1.29 is 9.18 Å². The molecule has 1 N–H and O–H groups in total. The van der Waals surface area contributed by atoms with Gasteiger partial charge in [0.1, 0.15) is 5.82 Å². The Balaban J connectivity index is 1.94. The van der Waals surface area contributed by atoms with Gasteiger partial charge in [-0.05, 0) is 56.2 Å². The molecule has 4 nitrogen and oxygen atoms in total. The summed E-state index contributed by atoms with van der Waals surface area (Å²) in [7, 11) is 1.81. The van der Waals surface area contributed by atoms with Crippen molar-refractivity contribution in [2.75, 3.05) is 5.32 Å². The van der Waals surface area contributed by atoms with Crippen LogP contribution in [0.5, 0.6) is 0 Å². The second kappa shape index (κ2) is 6.51. The van der Waals surface area contributed by atoms with E-state index in [0.717, 1.165) is 22.4 Å². The lowest BCUT2D eigenvalue weighted by Gasteiger charge is -2.11. The van der Waals surface area contributed by atoms with Gasteiger partial charge >= 0.3 is 0 Å². The van der Waals surface area contributed by atoms with Crippen LogP contribution < -0.4 is 5.32 Å². The largest absolute Gasteiger partial charge is 0.320 e. The number of hydrogen-bond acceptors (Lipinski definition) is 2. The Kier molecular flexibility index (Phi) is 4.40. The van der Waals surface area contributed by atoms with Gasteiger partial charge in [0, 0.05) is 18.3 Å². The smallest absolute Gasteiger partial charge is 0.276 e. The highest BCUT2D eigenvalue weighted by atomic mass is 19.1. The fraction of sp³-hybridized carbons (Fsp3) is 0.200. The van der Waals surface area contributed by atoms with Gasteiger partial charge in [-0.15, -0.1) is 0 Å². The molecule has 0 atom stereocenters. The molecule has 0 spiro atoms. The van der Waals surface area contributed by atoms with Crippen LogP contribution in [0.15, 0.2) is 42.5 Å². The quantitative estimate of drug-likeness (QED) is 0.770. The number of halogens is 1. The molecular weight excluding hydrogens is 317 g/mol. The highest BCUT2D eigenvalue weighted by Crippen LogP contribution is 2.28. The third-order valence-electron chi connectivity index (χ3n) is 4.13. The van der Waals surface area contributed by atoms with E-state index in [-0.39, 0.29) is 5.91 Å². The van der Waals surface area contributed by atoms with Crippen LogP contribution in [0.4, 0.5) is 10.1 Å². The van der Waals surface area contributed by atoms with Crippen LogP contribution in [-0.4, -0.2) is 15.7 Å². The molecule has 128 valence electrons. The van der Waals surface area contributed by atoms with Crippen molar-refractivity contribution in [3.8, 4) is 11.3 Å². The maximum Gasteiger partial charge on any atom is 0.276 e. The number of aromatic nitrogens is 2. The summed E-state index contributed by atoms with van der Waals surface area (Å²) >= 11 is 0. The third-order valence-corrected chi connectivity index (χ3v) is 4.13. The van der Waals surface area contributed by atoms with Crippen molar-refractivity contribution in [2.45, 2.75) is 20.8 Å². The fourth-order valence-corrected chi connectivity index (χ4v) is 3.16. The Bertz CT molecular complexity index is 936. The van der Waals surface area contributed by atoms with Crippen LogP contribution in [0.1, 0.15) is 27.2 Å². The first kappa shape index (κ1) is 16.9. The van der Waals surface area contributed by atoms with E-state index in [1.165, 1.54) is 17.7 Å². The third kappa shape index (κ3) is 3.45. The summed E-state index contributed by atoms with van der Waals surface area (Å²) in [6.07, 6.45) is 0. The molecule has 0 saturated heterocycles. The Morgan fingerprint density at radius 2 is 1.76 bits per heavy atom. The minimum absolute atomic E-state index is 0.293. The SMILES string of the molecule is Cc1cc(C)c(-c2cc(C(=O)Nc3cccc(F)c3)nn2C)c(C)c1. The lowest BCUT2D eigenvalue weighted by atomic mass is 9.97. The Labute approximate surface area is 146 Å². The van der Waals surface area contributed by atoms with Gasteiger partial charge in [0.25, 0.3) is 5.91 Å². The van der Waals surface area contributed by atoms with Gasteiger partial charge in [-0.2, -0.15) is 5.10 Å². The van der Waals surface area contributed by atoms with Crippen LogP contribution in [-0.2, 0) is 7.05 Å². The van der Waals surface area contributed by atoms with Crippen molar-refractivity contribution in [1.82, 2.24) is 9.78 Å². The van der Waals surface area contributed by atoms with Crippen molar-refractivity contribution in [2.24, 2.45) is 7.05 Å². The molecule has 0 fully saturated rings. The molecule has 0 unspecified atom stereocenters. The lowest BCUT2D eigenvalue weighted by molar-refractivity contribution is 0.102. The van der Waals surface area contributed by atoms with Gasteiger partial charge < -0.3 is 5.32 Å².